The van der Waals surface area contributed by atoms with Crippen LogP contribution in [0, 0.1) is 5.82 Å². The zero-order chi connectivity index (χ0) is 23.8. The minimum absolute atomic E-state index is 0.0387. The van der Waals surface area contributed by atoms with Crippen molar-refractivity contribution in [3.63, 3.8) is 0 Å². The van der Waals surface area contributed by atoms with Crippen LogP contribution in [0.5, 0.6) is 0 Å². The second kappa shape index (κ2) is 9.03. The van der Waals surface area contributed by atoms with Gasteiger partial charge in [0, 0.05) is 5.92 Å². The van der Waals surface area contributed by atoms with Gasteiger partial charge in [-0.15, -0.1) is 0 Å². The number of carboxylic acids is 1. The van der Waals surface area contributed by atoms with E-state index in [-0.39, 0.29) is 34.5 Å². The highest BCUT2D eigenvalue weighted by Gasteiger charge is 2.30. The number of aliphatic carboxylic acids is 1. The smallest absolute Gasteiger partial charge is 0.322 e. The van der Waals surface area contributed by atoms with E-state index in [2.05, 4.69) is 14.9 Å². The summed E-state index contributed by atoms with van der Waals surface area (Å²) in [5.41, 5.74) is 1.41. The molecule has 0 spiro atoms. The molecule has 2 aromatic carbocycles. The molecule has 1 atom stereocenters. The van der Waals surface area contributed by atoms with Crippen LogP contribution in [-0.4, -0.2) is 35.7 Å². The minimum Gasteiger partial charge on any atom is -0.480 e. The van der Waals surface area contributed by atoms with E-state index >= 15 is 0 Å². The topological polar surface area (TPSA) is 122 Å². The normalized spacial score (nSPS) is 15.0. The number of halogens is 1. The van der Waals surface area contributed by atoms with Crippen LogP contribution >= 0.6 is 0 Å². The van der Waals surface area contributed by atoms with Crippen molar-refractivity contribution in [2.24, 2.45) is 0 Å². The lowest BCUT2D eigenvalue weighted by Crippen LogP contribution is -2.42. The van der Waals surface area contributed by atoms with E-state index in [0.717, 1.165) is 24.5 Å². The molecule has 1 fully saturated rings. The van der Waals surface area contributed by atoms with E-state index in [0.29, 0.717) is 11.5 Å². The van der Waals surface area contributed by atoms with E-state index < -0.39 is 27.9 Å². The number of aromatic nitrogens is 2. The Morgan fingerprint density at radius 2 is 1.91 bits per heavy atom. The van der Waals surface area contributed by atoms with Gasteiger partial charge in [-0.2, -0.15) is 9.71 Å². The summed E-state index contributed by atoms with van der Waals surface area (Å²) in [6.45, 7) is 3.97. The molecule has 8 nitrogen and oxygen atoms in total. The number of carbonyl (C=O) groups is 1. The van der Waals surface area contributed by atoms with E-state index in [1.165, 1.54) is 24.3 Å². The molecule has 4 rings (SSSR count). The molecule has 1 aliphatic carbocycles. The van der Waals surface area contributed by atoms with Gasteiger partial charge >= 0.3 is 5.97 Å². The molecule has 3 aromatic rings. The highest BCUT2D eigenvalue weighted by Crippen LogP contribution is 2.39. The van der Waals surface area contributed by atoms with Crippen LogP contribution in [0.4, 0.5) is 4.39 Å². The highest BCUT2D eigenvalue weighted by molar-refractivity contribution is 7.89. The predicted octanol–water partition coefficient (Wildman–Crippen LogP) is 3.85. The van der Waals surface area contributed by atoms with Gasteiger partial charge in [-0.25, -0.2) is 12.8 Å². The average Bonchev–Trinajstić information content (AvgIpc) is 3.50. The Morgan fingerprint density at radius 1 is 1.21 bits per heavy atom. The number of carboxylic acid groups (broad SMARTS) is 1. The molecular formula is C23H24FN3O5S. The summed E-state index contributed by atoms with van der Waals surface area (Å²) in [7, 11) is -4.08. The number of hydrogen-bond acceptors (Lipinski definition) is 6. The maximum absolute atomic E-state index is 14.7. The monoisotopic (exact) mass is 473 g/mol. The fourth-order valence-electron chi connectivity index (χ4n) is 3.41. The van der Waals surface area contributed by atoms with Crippen molar-refractivity contribution in [3.8, 4) is 11.4 Å². The van der Waals surface area contributed by atoms with E-state index in [4.69, 9.17) is 4.52 Å². The number of nitrogens with one attached hydrogen (secondary N) is 1. The van der Waals surface area contributed by atoms with Gasteiger partial charge in [-0.05, 0) is 60.6 Å². The van der Waals surface area contributed by atoms with Crippen molar-refractivity contribution in [1.29, 1.82) is 0 Å². The van der Waals surface area contributed by atoms with Crippen LogP contribution < -0.4 is 4.72 Å². The lowest BCUT2D eigenvalue weighted by molar-refractivity contribution is -0.138. The summed E-state index contributed by atoms with van der Waals surface area (Å²) >= 11 is 0. The lowest BCUT2D eigenvalue weighted by atomic mass is 10.0. The highest BCUT2D eigenvalue weighted by atomic mass is 32.2. The fourth-order valence-corrected chi connectivity index (χ4v) is 4.60. The van der Waals surface area contributed by atoms with Crippen LogP contribution in [0.1, 0.15) is 55.5 Å². The van der Waals surface area contributed by atoms with E-state index in [1.807, 2.05) is 13.8 Å². The first-order valence-electron chi connectivity index (χ1n) is 10.6. The molecule has 0 aliphatic heterocycles. The van der Waals surface area contributed by atoms with Gasteiger partial charge in [0.15, 0.2) is 0 Å². The third-order valence-corrected chi connectivity index (χ3v) is 7.02. The molecule has 0 bridgehead atoms. The number of sulfonamides is 1. The van der Waals surface area contributed by atoms with Crippen molar-refractivity contribution in [2.75, 3.05) is 0 Å². The first kappa shape index (κ1) is 23.1. The van der Waals surface area contributed by atoms with Crippen molar-refractivity contribution in [3.05, 3.63) is 65.3 Å². The van der Waals surface area contributed by atoms with Gasteiger partial charge in [-0.1, -0.05) is 37.2 Å². The van der Waals surface area contributed by atoms with Crippen molar-refractivity contribution in [1.82, 2.24) is 14.9 Å². The number of rotatable bonds is 9. The molecular weight excluding hydrogens is 449 g/mol. The SMILES string of the molecule is CC(C)c1ccc(S(=O)(=O)N[C@H](Cc2ccc(-c3noc(C4CC4)n3)c(F)c2)C(=O)O)cc1. The summed E-state index contributed by atoms with van der Waals surface area (Å²) in [5, 5.41) is 13.4. The molecule has 2 N–H and O–H groups in total. The third-order valence-electron chi connectivity index (χ3n) is 5.54. The lowest BCUT2D eigenvalue weighted by Gasteiger charge is -2.16. The maximum Gasteiger partial charge on any atom is 0.322 e. The fraction of sp³-hybridized carbons (Fsp3) is 0.348. The Balaban J connectivity index is 1.50. The van der Waals surface area contributed by atoms with Gasteiger partial charge in [0.2, 0.25) is 21.7 Å². The minimum atomic E-state index is -4.08. The second-order valence-corrected chi connectivity index (χ2v) is 10.2. The Hall–Kier alpha value is -3.11. The van der Waals surface area contributed by atoms with Crippen LogP contribution in [-0.2, 0) is 21.2 Å². The molecule has 0 amide bonds. The van der Waals surface area contributed by atoms with Crippen molar-refractivity contribution < 1.29 is 27.2 Å². The quantitative estimate of drug-likeness (QED) is 0.484. The Morgan fingerprint density at radius 3 is 2.48 bits per heavy atom. The van der Waals surface area contributed by atoms with Crippen LogP contribution in [0.15, 0.2) is 51.9 Å². The average molecular weight is 474 g/mol. The van der Waals surface area contributed by atoms with Gasteiger partial charge in [-0.3, -0.25) is 4.79 Å². The number of nitrogens with zero attached hydrogens (tertiary/aromatic N) is 2. The van der Waals surface area contributed by atoms with Crippen molar-refractivity contribution >= 4 is 16.0 Å². The molecule has 0 radical (unpaired) electrons. The maximum atomic E-state index is 14.7. The van der Waals surface area contributed by atoms with E-state index in [1.54, 1.807) is 12.1 Å². The van der Waals surface area contributed by atoms with Gasteiger partial charge in [0.05, 0.1) is 10.5 Å². The Kier molecular flexibility index (Phi) is 6.31. The third kappa shape index (κ3) is 5.28. The first-order valence-corrected chi connectivity index (χ1v) is 12.1. The van der Waals surface area contributed by atoms with Crippen molar-refractivity contribution in [2.45, 2.75) is 55.9 Å². The molecule has 0 saturated heterocycles. The zero-order valence-corrected chi connectivity index (χ0v) is 19.0. The zero-order valence-electron chi connectivity index (χ0n) is 18.2. The molecule has 1 heterocycles. The Bertz CT molecular complexity index is 1270. The second-order valence-electron chi connectivity index (χ2n) is 8.48. The van der Waals surface area contributed by atoms with Gasteiger partial charge in [0.25, 0.3) is 0 Å². The standard InChI is InChI=1S/C23H24FN3O5S/c1-13(2)15-6-8-17(9-7-15)33(30,31)27-20(23(28)29)12-14-3-10-18(19(24)11-14)21-25-22(32-26-21)16-4-5-16/h3,6-11,13,16,20,27H,4-5,12H2,1-2H3,(H,28,29)/t20-/m1/s1. The van der Waals surface area contributed by atoms with Crippen LogP contribution in [0.2, 0.25) is 0 Å². The van der Waals surface area contributed by atoms with E-state index in [9.17, 15) is 22.7 Å². The Labute approximate surface area is 190 Å². The largest absolute Gasteiger partial charge is 0.480 e. The summed E-state index contributed by atoms with van der Waals surface area (Å²) in [4.78, 5) is 15.9. The molecule has 10 heteroatoms. The van der Waals surface area contributed by atoms with Crippen LogP contribution in [0.3, 0.4) is 0 Å². The predicted molar refractivity (Wildman–Crippen MR) is 118 cm³/mol. The van der Waals surface area contributed by atoms with Crippen LogP contribution in [0.25, 0.3) is 11.4 Å². The molecule has 174 valence electrons. The molecule has 1 aliphatic rings. The molecule has 33 heavy (non-hydrogen) atoms. The molecule has 1 aromatic heterocycles. The number of hydrogen-bond donors (Lipinski definition) is 2. The first-order chi connectivity index (χ1) is 15.6. The molecule has 1 saturated carbocycles. The summed E-state index contributed by atoms with van der Waals surface area (Å²) in [6.07, 6.45) is 1.70. The summed E-state index contributed by atoms with van der Waals surface area (Å²) < 4.78 is 47.5. The molecule has 0 unspecified atom stereocenters. The summed E-state index contributed by atoms with van der Waals surface area (Å²) in [6, 6.07) is 8.89. The van der Waals surface area contributed by atoms with Gasteiger partial charge in [0.1, 0.15) is 11.9 Å². The van der Waals surface area contributed by atoms with Gasteiger partial charge < -0.3 is 9.63 Å². The summed E-state index contributed by atoms with van der Waals surface area (Å²) in [5.74, 6) is -0.941. The number of benzene rings is 2.